The Kier molecular flexibility index (Phi) is 5.98. The summed E-state index contributed by atoms with van der Waals surface area (Å²) in [6, 6.07) is 8.49. The molecule has 1 aromatic carbocycles. The predicted octanol–water partition coefficient (Wildman–Crippen LogP) is 5.52. The second kappa shape index (κ2) is 9.04. The molecule has 4 heterocycles. The van der Waals surface area contributed by atoms with Crippen molar-refractivity contribution in [2.24, 2.45) is 4.99 Å². The van der Waals surface area contributed by atoms with E-state index < -0.39 is 11.6 Å². The van der Waals surface area contributed by atoms with Gasteiger partial charge in [0.05, 0.1) is 34.0 Å². The van der Waals surface area contributed by atoms with Gasteiger partial charge in [-0.25, -0.2) is 13.8 Å². The van der Waals surface area contributed by atoms with E-state index in [-0.39, 0.29) is 10.6 Å². The van der Waals surface area contributed by atoms with Crippen molar-refractivity contribution in [3.05, 3.63) is 76.1 Å². The van der Waals surface area contributed by atoms with Gasteiger partial charge in [-0.05, 0) is 62.1 Å². The van der Waals surface area contributed by atoms with Crippen LogP contribution in [0.1, 0.15) is 42.5 Å². The molecule has 0 bridgehead atoms. The van der Waals surface area contributed by atoms with E-state index >= 15 is 0 Å². The zero-order valence-corrected chi connectivity index (χ0v) is 18.3. The third kappa shape index (κ3) is 4.30. The maximum absolute atomic E-state index is 14.5. The van der Waals surface area contributed by atoms with Gasteiger partial charge < -0.3 is 5.32 Å². The summed E-state index contributed by atoms with van der Waals surface area (Å²) < 4.78 is 28.1. The summed E-state index contributed by atoms with van der Waals surface area (Å²) in [6.07, 6.45) is 9.62. The van der Waals surface area contributed by atoms with Crippen molar-refractivity contribution in [3.63, 3.8) is 0 Å². The van der Waals surface area contributed by atoms with Gasteiger partial charge in [-0.1, -0.05) is 24.1 Å². The van der Waals surface area contributed by atoms with Crippen LogP contribution in [-0.4, -0.2) is 34.8 Å². The first kappa shape index (κ1) is 21.2. The Hall–Kier alpha value is -2.70. The van der Waals surface area contributed by atoms with E-state index in [4.69, 9.17) is 16.6 Å². The third-order valence-corrected chi connectivity index (χ3v) is 6.42. The van der Waals surface area contributed by atoms with Crippen LogP contribution in [0.5, 0.6) is 0 Å². The number of aromatic nitrogens is 2. The second-order valence-corrected chi connectivity index (χ2v) is 8.72. The number of piperidine rings is 1. The Morgan fingerprint density at radius 1 is 1.06 bits per heavy atom. The van der Waals surface area contributed by atoms with Gasteiger partial charge >= 0.3 is 0 Å². The van der Waals surface area contributed by atoms with E-state index in [1.54, 1.807) is 0 Å². The highest BCUT2D eigenvalue weighted by molar-refractivity contribution is 6.35. The lowest BCUT2D eigenvalue weighted by atomic mass is 9.98. The first-order valence-electron chi connectivity index (χ1n) is 11.0. The Balaban J connectivity index is 1.41. The number of benzene rings is 1. The largest absolute Gasteiger partial charge is 0.314 e. The van der Waals surface area contributed by atoms with Crippen molar-refractivity contribution in [2.45, 2.75) is 38.1 Å². The fourth-order valence-electron chi connectivity index (χ4n) is 4.42. The zero-order valence-electron chi connectivity index (χ0n) is 17.5. The molecule has 32 heavy (non-hydrogen) atoms. The number of nitrogens with zero attached hydrogens (tertiary/aromatic N) is 3. The highest BCUT2D eigenvalue weighted by Gasteiger charge is 2.22. The van der Waals surface area contributed by atoms with Gasteiger partial charge in [0.15, 0.2) is 0 Å². The molecule has 164 valence electrons. The summed E-state index contributed by atoms with van der Waals surface area (Å²) in [5.41, 5.74) is 4.76. The van der Waals surface area contributed by atoms with E-state index in [0.717, 1.165) is 42.0 Å². The maximum Gasteiger partial charge on any atom is 0.144 e. The molecule has 7 heteroatoms. The summed E-state index contributed by atoms with van der Waals surface area (Å²) in [5.74, 6) is -1.48. The summed E-state index contributed by atoms with van der Waals surface area (Å²) in [7, 11) is 0. The monoisotopic (exact) mass is 452 g/mol. The molecule has 1 atom stereocenters. The molecule has 4 nitrogen and oxygen atoms in total. The van der Waals surface area contributed by atoms with Crippen LogP contribution in [0.3, 0.4) is 0 Å². The van der Waals surface area contributed by atoms with Gasteiger partial charge in [-0.2, -0.15) is 0 Å². The SMILES string of the molecule is Fc1cc(F)c(C2=NCC=C2c2ccc3ncc(CCC4CCCCN4)cc3n2)cc1Cl. The number of aryl methyl sites for hydroxylation is 1. The zero-order chi connectivity index (χ0) is 22.1. The van der Waals surface area contributed by atoms with Gasteiger partial charge in [0.1, 0.15) is 11.6 Å². The van der Waals surface area contributed by atoms with Gasteiger partial charge in [0, 0.05) is 29.4 Å². The molecule has 0 spiro atoms. The van der Waals surface area contributed by atoms with Crippen LogP contribution >= 0.6 is 11.6 Å². The second-order valence-electron chi connectivity index (χ2n) is 8.32. The van der Waals surface area contributed by atoms with Crippen LogP contribution < -0.4 is 5.32 Å². The van der Waals surface area contributed by atoms with Gasteiger partial charge in [0.25, 0.3) is 0 Å². The number of fused-ring (bicyclic) bond motifs is 1. The number of hydrogen-bond donors (Lipinski definition) is 1. The lowest BCUT2D eigenvalue weighted by Gasteiger charge is -2.23. The molecule has 1 unspecified atom stereocenters. The van der Waals surface area contributed by atoms with Crippen LogP contribution in [0.15, 0.2) is 47.6 Å². The van der Waals surface area contributed by atoms with Crippen molar-refractivity contribution in [2.75, 3.05) is 13.1 Å². The lowest BCUT2D eigenvalue weighted by molar-refractivity contribution is 0.383. The van der Waals surface area contributed by atoms with Crippen molar-refractivity contribution >= 4 is 33.9 Å². The summed E-state index contributed by atoms with van der Waals surface area (Å²) in [4.78, 5) is 13.8. The molecule has 1 fully saturated rings. The summed E-state index contributed by atoms with van der Waals surface area (Å²) in [5, 5.41) is 3.45. The first-order chi connectivity index (χ1) is 15.6. The number of nitrogens with one attached hydrogen (secondary N) is 1. The normalized spacial score (nSPS) is 18.7. The molecule has 0 saturated carbocycles. The molecule has 0 amide bonds. The van der Waals surface area contributed by atoms with Crippen LogP contribution in [0.25, 0.3) is 16.6 Å². The average molecular weight is 453 g/mol. The quantitative estimate of drug-likeness (QED) is 0.518. The molecule has 1 saturated heterocycles. The van der Waals surface area contributed by atoms with Gasteiger partial charge in [-0.15, -0.1) is 0 Å². The smallest absolute Gasteiger partial charge is 0.144 e. The van der Waals surface area contributed by atoms with Crippen molar-refractivity contribution < 1.29 is 8.78 Å². The number of hydrogen-bond acceptors (Lipinski definition) is 4. The van der Waals surface area contributed by atoms with Crippen LogP contribution in [0.2, 0.25) is 5.02 Å². The minimum atomic E-state index is -0.789. The number of allylic oxidation sites excluding steroid dienone is 1. The average Bonchev–Trinajstić information content (AvgIpc) is 3.30. The molecular formula is C25H23ClF2N4. The number of aliphatic imine (C=N–C) groups is 1. The van der Waals surface area contributed by atoms with Crippen molar-refractivity contribution in [1.82, 2.24) is 15.3 Å². The first-order valence-corrected chi connectivity index (χ1v) is 11.4. The van der Waals surface area contributed by atoms with Crippen LogP contribution in [0.4, 0.5) is 8.78 Å². The molecule has 5 rings (SSSR count). The highest BCUT2D eigenvalue weighted by atomic mass is 35.5. The van der Waals surface area contributed by atoms with E-state index in [1.165, 1.54) is 25.3 Å². The van der Waals surface area contributed by atoms with Gasteiger partial charge in [-0.3, -0.25) is 9.98 Å². The Labute approximate surface area is 190 Å². The minimum Gasteiger partial charge on any atom is -0.314 e. The van der Waals surface area contributed by atoms with E-state index in [2.05, 4.69) is 21.4 Å². The Bertz CT molecular complexity index is 1230. The van der Waals surface area contributed by atoms with E-state index in [1.807, 2.05) is 24.4 Å². The molecule has 2 aliphatic rings. The fraction of sp³-hybridized carbons (Fsp3) is 0.320. The van der Waals surface area contributed by atoms with E-state index in [9.17, 15) is 8.78 Å². The Morgan fingerprint density at radius 2 is 1.97 bits per heavy atom. The van der Waals surface area contributed by atoms with Crippen molar-refractivity contribution in [3.8, 4) is 0 Å². The standard InChI is InChI=1S/C25H23ClF2N4/c26-19-12-18(20(27)13-21(19)28)25-17(8-10-30-25)22-6-7-23-24(32-22)11-15(14-31-23)4-5-16-3-1-2-9-29-16/h6-8,11-14,16,29H,1-5,9-10H2. The number of halogens is 3. The Morgan fingerprint density at radius 3 is 2.81 bits per heavy atom. The molecule has 1 N–H and O–H groups in total. The number of rotatable bonds is 5. The lowest BCUT2D eigenvalue weighted by Crippen LogP contribution is -2.34. The predicted molar refractivity (Wildman–Crippen MR) is 124 cm³/mol. The van der Waals surface area contributed by atoms with Crippen molar-refractivity contribution in [1.29, 1.82) is 0 Å². The molecule has 0 aliphatic carbocycles. The summed E-state index contributed by atoms with van der Waals surface area (Å²) >= 11 is 5.89. The van der Waals surface area contributed by atoms with Crippen LogP contribution in [0, 0.1) is 11.6 Å². The number of pyridine rings is 2. The topological polar surface area (TPSA) is 50.2 Å². The molecule has 3 aromatic rings. The highest BCUT2D eigenvalue weighted by Crippen LogP contribution is 2.29. The fourth-order valence-corrected chi connectivity index (χ4v) is 4.58. The third-order valence-electron chi connectivity index (χ3n) is 6.13. The molecule has 2 aliphatic heterocycles. The molecular weight excluding hydrogens is 430 g/mol. The maximum atomic E-state index is 14.5. The van der Waals surface area contributed by atoms with Gasteiger partial charge in [0.2, 0.25) is 0 Å². The van der Waals surface area contributed by atoms with Crippen LogP contribution in [-0.2, 0) is 6.42 Å². The minimum absolute atomic E-state index is 0.136. The van der Waals surface area contributed by atoms with E-state index in [0.29, 0.717) is 29.6 Å². The molecule has 2 aromatic heterocycles. The summed E-state index contributed by atoms with van der Waals surface area (Å²) in [6.45, 7) is 1.51. The molecule has 0 radical (unpaired) electrons.